The van der Waals surface area contributed by atoms with Gasteiger partial charge in [-0.1, -0.05) is 0 Å². The third-order valence-corrected chi connectivity index (χ3v) is 1.77. The predicted molar refractivity (Wildman–Crippen MR) is 68.8 cm³/mol. The third kappa shape index (κ3) is 7.93. The summed E-state index contributed by atoms with van der Waals surface area (Å²) >= 11 is 5.49. The number of alkyl halides is 1. The summed E-state index contributed by atoms with van der Waals surface area (Å²) in [7, 11) is 0. The van der Waals surface area contributed by atoms with Gasteiger partial charge in [0.05, 0.1) is 12.1 Å². The van der Waals surface area contributed by atoms with Crippen molar-refractivity contribution in [1.82, 2.24) is 10.3 Å². The lowest BCUT2D eigenvalue weighted by molar-refractivity contribution is 0.190. The fourth-order valence-corrected chi connectivity index (χ4v) is 1.01. The van der Waals surface area contributed by atoms with Crippen molar-refractivity contribution in [3.63, 3.8) is 0 Å². The molecule has 0 aliphatic heterocycles. The van der Waals surface area contributed by atoms with Gasteiger partial charge in [-0.2, -0.15) is 10.2 Å². The summed E-state index contributed by atoms with van der Waals surface area (Å²) < 4.78 is 0. The zero-order chi connectivity index (χ0) is 13.7. The van der Waals surface area contributed by atoms with Crippen LogP contribution in [-0.2, 0) is 0 Å². The number of halogens is 1. The first kappa shape index (κ1) is 16.1. The van der Waals surface area contributed by atoms with Crippen LogP contribution in [0.3, 0.4) is 0 Å². The first-order valence-electron chi connectivity index (χ1n) is 5.42. The summed E-state index contributed by atoms with van der Waals surface area (Å²) in [5.74, 6) is 5.77. The second-order valence-electron chi connectivity index (χ2n) is 5.24. The van der Waals surface area contributed by atoms with Gasteiger partial charge >= 0.3 is 6.03 Å². The van der Waals surface area contributed by atoms with Crippen LogP contribution in [0.2, 0.25) is 0 Å². The molecule has 0 unspecified atom stereocenters. The summed E-state index contributed by atoms with van der Waals surface area (Å²) in [4.78, 5) is 11.6. The molecule has 0 heterocycles. The van der Waals surface area contributed by atoms with E-state index in [1.807, 2.05) is 20.8 Å². The van der Waals surface area contributed by atoms with E-state index in [-0.39, 0.29) is 18.0 Å². The number of amides is 2. The van der Waals surface area contributed by atoms with Gasteiger partial charge in [-0.25, -0.2) is 10.6 Å². The Kier molecular flexibility index (Phi) is 5.84. The van der Waals surface area contributed by atoms with Crippen LogP contribution in [0.4, 0.5) is 4.79 Å². The van der Waals surface area contributed by atoms with E-state index in [9.17, 15) is 4.79 Å². The van der Waals surface area contributed by atoms with Crippen molar-refractivity contribution in [3.05, 3.63) is 0 Å². The van der Waals surface area contributed by atoms with Gasteiger partial charge in [0, 0.05) is 5.88 Å². The van der Waals surface area contributed by atoms with Crippen LogP contribution in [0.1, 0.15) is 34.6 Å². The lowest BCUT2D eigenvalue weighted by Gasteiger charge is -2.25. The third-order valence-electron chi connectivity index (χ3n) is 1.60. The van der Waals surface area contributed by atoms with Gasteiger partial charge in [-0.3, -0.25) is 5.01 Å². The number of nitrogens with two attached hydrogens (primary N) is 1. The zero-order valence-corrected chi connectivity index (χ0v) is 11.9. The van der Waals surface area contributed by atoms with Crippen molar-refractivity contribution in [2.45, 2.75) is 45.8 Å². The summed E-state index contributed by atoms with van der Waals surface area (Å²) in [6, 6.07) is -0.427. The van der Waals surface area contributed by atoms with Gasteiger partial charge in [0.25, 0.3) is 0 Å². The summed E-state index contributed by atoms with van der Waals surface area (Å²) in [5.41, 5.74) is -1.07. The molecular weight excluding hydrogens is 242 g/mol. The maximum absolute atomic E-state index is 11.6. The van der Waals surface area contributed by atoms with Crippen molar-refractivity contribution in [2.24, 2.45) is 16.1 Å². The Morgan fingerprint density at radius 1 is 1.29 bits per heavy atom. The van der Waals surface area contributed by atoms with Gasteiger partial charge < -0.3 is 5.32 Å². The molecule has 0 atom stereocenters. The Hall–Kier alpha value is -0.880. The zero-order valence-electron chi connectivity index (χ0n) is 11.1. The standard InChI is InChI=1S/C10H22ClN5O/c1-9(2,3)14-15-10(4,5)13-8(17)16(12)7-6-11/h6-7,12H2,1-5H3,(H,13,17)/b15-14+. The highest BCUT2D eigenvalue weighted by molar-refractivity contribution is 6.18. The van der Waals surface area contributed by atoms with Crippen LogP contribution in [0.15, 0.2) is 10.2 Å². The predicted octanol–water partition coefficient (Wildman–Crippen LogP) is 2.10. The second-order valence-corrected chi connectivity index (χ2v) is 5.62. The highest BCUT2D eigenvalue weighted by Crippen LogP contribution is 2.12. The Balaban J connectivity index is 4.44. The Morgan fingerprint density at radius 2 is 1.82 bits per heavy atom. The normalized spacial score (nSPS) is 12.9. The molecule has 0 aromatic carbocycles. The number of nitrogens with zero attached hydrogens (tertiary/aromatic N) is 3. The fraction of sp³-hybridized carbons (Fsp3) is 0.900. The molecule has 2 amide bonds. The van der Waals surface area contributed by atoms with Crippen LogP contribution < -0.4 is 11.2 Å². The van der Waals surface area contributed by atoms with Gasteiger partial charge in [-0.15, -0.1) is 11.6 Å². The van der Waals surface area contributed by atoms with Crippen LogP contribution >= 0.6 is 11.6 Å². The molecule has 0 radical (unpaired) electrons. The molecular formula is C10H22ClN5O. The van der Waals surface area contributed by atoms with E-state index in [4.69, 9.17) is 17.4 Å². The first-order valence-corrected chi connectivity index (χ1v) is 5.95. The quantitative estimate of drug-likeness (QED) is 0.268. The molecule has 0 aromatic rings. The largest absolute Gasteiger partial charge is 0.333 e. The SMILES string of the molecule is CC(C)(C)/N=N/C(C)(C)NC(=O)N(N)CCCl. The molecule has 0 saturated carbocycles. The Bertz CT molecular complexity index is 285. The van der Waals surface area contributed by atoms with E-state index in [0.29, 0.717) is 0 Å². The van der Waals surface area contributed by atoms with E-state index in [0.717, 1.165) is 5.01 Å². The highest BCUT2D eigenvalue weighted by atomic mass is 35.5. The number of urea groups is 1. The number of rotatable bonds is 4. The summed E-state index contributed by atoms with van der Waals surface area (Å²) in [5, 5.41) is 11.9. The molecule has 17 heavy (non-hydrogen) atoms. The molecule has 100 valence electrons. The Morgan fingerprint density at radius 3 is 2.24 bits per heavy atom. The van der Waals surface area contributed by atoms with Crippen LogP contribution in [0.5, 0.6) is 0 Å². The van der Waals surface area contributed by atoms with Crippen molar-refractivity contribution >= 4 is 17.6 Å². The van der Waals surface area contributed by atoms with Crippen molar-refractivity contribution in [2.75, 3.05) is 12.4 Å². The maximum Gasteiger partial charge on any atom is 0.333 e. The first-order chi connectivity index (χ1) is 7.57. The molecule has 0 spiro atoms. The van der Waals surface area contributed by atoms with Crippen molar-refractivity contribution < 1.29 is 4.79 Å². The molecule has 0 rings (SSSR count). The van der Waals surface area contributed by atoms with E-state index in [1.165, 1.54) is 0 Å². The molecule has 0 saturated heterocycles. The molecule has 0 bridgehead atoms. The van der Waals surface area contributed by atoms with E-state index < -0.39 is 11.7 Å². The number of carbonyl (C=O) groups is 1. The lowest BCUT2D eigenvalue weighted by Crippen LogP contribution is -2.52. The van der Waals surface area contributed by atoms with E-state index in [1.54, 1.807) is 13.8 Å². The monoisotopic (exact) mass is 263 g/mol. The van der Waals surface area contributed by atoms with Crippen LogP contribution in [-0.4, -0.2) is 34.7 Å². The average Bonchev–Trinajstić information content (AvgIpc) is 2.14. The van der Waals surface area contributed by atoms with Crippen molar-refractivity contribution in [1.29, 1.82) is 0 Å². The minimum absolute atomic E-state index is 0.277. The van der Waals surface area contributed by atoms with Gasteiger partial charge in [-0.05, 0) is 34.6 Å². The average molecular weight is 264 g/mol. The molecule has 6 nitrogen and oxygen atoms in total. The van der Waals surface area contributed by atoms with Gasteiger partial charge in [0.1, 0.15) is 5.66 Å². The number of hydrogen-bond acceptors (Lipinski definition) is 4. The van der Waals surface area contributed by atoms with E-state index in [2.05, 4.69) is 15.5 Å². The number of hydrazine groups is 1. The summed E-state index contributed by atoms with van der Waals surface area (Å²) in [6.45, 7) is 9.55. The van der Waals surface area contributed by atoms with Gasteiger partial charge in [0.2, 0.25) is 0 Å². The molecule has 0 aliphatic carbocycles. The minimum atomic E-state index is -0.797. The highest BCUT2D eigenvalue weighted by Gasteiger charge is 2.22. The van der Waals surface area contributed by atoms with Crippen molar-refractivity contribution in [3.8, 4) is 0 Å². The maximum atomic E-state index is 11.6. The fourth-order valence-electron chi connectivity index (χ4n) is 0.826. The Labute approximate surface area is 108 Å². The molecule has 0 aromatic heterocycles. The number of azo groups is 1. The molecule has 7 heteroatoms. The van der Waals surface area contributed by atoms with Crippen LogP contribution in [0.25, 0.3) is 0 Å². The molecule has 0 fully saturated rings. The van der Waals surface area contributed by atoms with Gasteiger partial charge in [0.15, 0.2) is 0 Å². The molecule has 0 aliphatic rings. The summed E-state index contributed by atoms with van der Waals surface area (Å²) in [6.07, 6.45) is 0. The smallest absolute Gasteiger partial charge is 0.311 e. The lowest BCUT2D eigenvalue weighted by atomic mass is 10.1. The minimum Gasteiger partial charge on any atom is -0.311 e. The van der Waals surface area contributed by atoms with E-state index >= 15 is 0 Å². The number of nitrogens with one attached hydrogen (secondary N) is 1. The second kappa shape index (κ2) is 6.16. The topological polar surface area (TPSA) is 83.1 Å². The molecule has 3 N–H and O–H groups in total. The van der Waals surface area contributed by atoms with Crippen LogP contribution in [0, 0.1) is 0 Å². The number of carbonyl (C=O) groups excluding carboxylic acids is 1. The number of hydrogen-bond donors (Lipinski definition) is 2.